The molecule has 0 spiro atoms. The highest BCUT2D eigenvalue weighted by Crippen LogP contribution is 2.50. The maximum Gasteiger partial charge on any atom is 0.130 e. The van der Waals surface area contributed by atoms with E-state index in [2.05, 4.69) is 29.5 Å². The lowest BCUT2D eigenvalue weighted by atomic mass is 10.1. The number of thiophene rings is 1. The van der Waals surface area contributed by atoms with Crippen molar-refractivity contribution < 1.29 is 0 Å². The lowest BCUT2D eigenvalue weighted by molar-refractivity contribution is 0.743. The van der Waals surface area contributed by atoms with Gasteiger partial charge in [0.1, 0.15) is 5.82 Å². The first-order chi connectivity index (χ1) is 7.68. The maximum absolute atomic E-state index is 6.11. The van der Waals surface area contributed by atoms with Gasteiger partial charge in [-0.05, 0) is 23.8 Å². The average molecular weight is 233 g/mol. The highest BCUT2D eigenvalue weighted by Gasteiger charge is 2.39. The van der Waals surface area contributed by atoms with Crippen molar-refractivity contribution in [1.82, 2.24) is 9.78 Å². The zero-order valence-electron chi connectivity index (χ0n) is 9.47. The highest BCUT2D eigenvalue weighted by atomic mass is 32.1. The van der Waals surface area contributed by atoms with Crippen molar-refractivity contribution in [3.8, 4) is 10.4 Å². The Morgan fingerprint density at radius 2 is 2.31 bits per heavy atom. The molecule has 2 aromatic rings. The number of hydrogen-bond acceptors (Lipinski definition) is 3. The molecule has 2 N–H and O–H groups in total. The van der Waals surface area contributed by atoms with Crippen molar-refractivity contribution in [2.75, 3.05) is 5.73 Å². The predicted octanol–water partition coefficient (Wildman–Crippen LogP) is 2.85. The van der Waals surface area contributed by atoms with E-state index in [1.807, 2.05) is 7.05 Å². The molecule has 4 heteroatoms. The number of aromatic nitrogens is 2. The number of aryl methyl sites for hydroxylation is 1. The van der Waals surface area contributed by atoms with Crippen molar-refractivity contribution in [2.24, 2.45) is 13.0 Å². The summed E-state index contributed by atoms with van der Waals surface area (Å²) in [5, 5.41) is 6.66. The zero-order valence-corrected chi connectivity index (χ0v) is 10.3. The molecule has 0 aromatic carbocycles. The van der Waals surface area contributed by atoms with Crippen LogP contribution in [-0.4, -0.2) is 9.78 Å². The molecule has 2 heterocycles. The third kappa shape index (κ3) is 1.37. The van der Waals surface area contributed by atoms with Crippen LogP contribution < -0.4 is 5.73 Å². The summed E-state index contributed by atoms with van der Waals surface area (Å²) in [6.45, 7) is 2.27. The monoisotopic (exact) mass is 233 g/mol. The van der Waals surface area contributed by atoms with Crippen LogP contribution in [0.1, 0.15) is 25.0 Å². The van der Waals surface area contributed by atoms with Gasteiger partial charge in [-0.1, -0.05) is 13.0 Å². The summed E-state index contributed by atoms with van der Waals surface area (Å²) in [7, 11) is 1.92. The third-order valence-electron chi connectivity index (χ3n) is 3.35. The largest absolute Gasteiger partial charge is 0.383 e. The van der Waals surface area contributed by atoms with Gasteiger partial charge in [-0.15, -0.1) is 11.3 Å². The van der Waals surface area contributed by atoms with Gasteiger partial charge < -0.3 is 5.73 Å². The molecule has 2 atom stereocenters. The van der Waals surface area contributed by atoms with Crippen LogP contribution in [0.3, 0.4) is 0 Å². The van der Waals surface area contributed by atoms with E-state index in [0.717, 1.165) is 17.3 Å². The second kappa shape index (κ2) is 3.35. The third-order valence-corrected chi connectivity index (χ3v) is 4.23. The van der Waals surface area contributed by atoms with E-state index in [4.69, 9.17) is 5.73 Å². The van der Waals surface area contributed by atoms with E-state index in [9.17, 15) is 0 Å². The van der Waals surface area contributed by atoms with Crippen molar-refractivity contribution >= 4 is 17.2 Å². The molecule has 1 fully saturated rings. The van der Waals surface area contributed by atoms with E-state index in [1.165, 1.54) is 17.0 Å². The molecule has 0 amide bonds. The van der Waals surface area contributed by atoms with Crippen LogP contribution in [0.2, 0.25) is 0 Å². The van der Waals surface area contributed by atoms with E-state index < -0.39 is 0 Å². The lowest BCUT2D eigenvalue weighted by Crippen LogP contribution is -1.97. The first-order valence-corrected chi connectivity index (χ1v) is 6.42. The van der Waals surface area contributed by atoms with Crippen LogP contribution in [0, 0.1) is 5.92 Å². The Hall–Kier alpha value is -1.29. The van der Waals surface area contributed by atoms with Crippen LogP contribution in [0.25, 0.3) is 10.4 Å². The molecule has 3 nitrogen and oxygen atoms in total. The van der Waals surface area contributed by atoms with Gasteiger partial charge in [0, 0.05) is 17.8 Å². The van der Waals surface area contributed by atoms with Gasteiger partial charge in [-0.2, -0.15) is 5.10 Å². The Morgan fingerprint density at radius 3 is 2.88 bits per heavy atom. The molecule has 0 aliphatic heterocycles. The Kier molecular flexibility index (Phi) is 2.07. The quantitative estimate of drug-likeness (QED) is 0.866. The average Bonchev–Trinajstić information content (AvgIpc) is 2.67. The van der Waals surface area contributed by atoms with Crippen molar-refractivity contribution in [1.29, 1.82) is 0 Å². The first kappa shape index (κ1) is 9.90. The van der Waals surface area contributed by atoms with Crippen LogP contribution in [-0.2, 0) is 7.05 Å². The topological polar surface area (TPSA) is 43.8 Å². The first-order valence-electron chi connectivity index (χ1n) is 5.54. The van der Waals surface area contributed by atoms with Gasteiger partial charge in [0.15, 0.2) is 0 Å². The molecule has 2 aromatic heterocycles. The summed E-state index contributed by atoms with van der Waals surface area (Å²) >= 11 is 1.73. The number of nitrogens with two attached hydrogens (primary N) is 1. The number of nitrogen functional groups attached to an aromatic ring is 1. The minimum atomic E-state index is 0.612. The Labute approximate surface area is 98.9 Å². The fourth-order valence-electron chi connectivity index (χ4n) is 2.19. The van der Waals surface area contributed by atoms with Crippen LogP contribution in [0.4, 0.5) is 5.82 Å². The normalized spacial score (nSPS) is 23.6. The summed E-state index contributed by atoms with van der Waals surface area (Å²) in [5.41, 5.74) is 8.46. The van der Waals surface area contributed by atoms with Gasteiger partial charge in [0.25, 0.3) is 0 Å². The molecule has 1 aliphatic rings. The molecule has 84 valence electrons. The Bertz CT molecular complexity index is 513. The predicted molar refractivity (Wildman–Crippen MR) is 67.5 cm³/mol. The van der Waals surface area contributed by atoms with E-state index in [-0.39, 0.29) is 0 Å². The Balaban J connectivity index is 2.15. The molecule has 16 heavy (non-hydrogen) atoms. The molecule has 0 saturated heterocycles. The van der Waals surface area contributed by atoms with Crippen molar-refractivity contribution in [2.45, 2.75) is 19.3 Å². The molecular weight excluding hydrogens is 218 g/mol. The highest BCUT2D eigenvalue weighted by molar-refractivity contribution is 7.13. The lowest BCUT2D eigenvalue weighted by Gasteiger charge is -1.99. The van der Waals surface area contributed by atoms with Gasteiger partial charge in [0.05, 0.1) is 11.3 Å². The fourth-order valence-corrected chi connectivity index (χ4v) is 2.98. The smallest absolute Gasteiger partial charge is 0.130 e. The summed E-state index contributed by atoms with van der Waals surface area (Å²) in [5.74, 6) is 2.16. The summed E-state index contributed by atoms with van der Waals surface area (Å²) in [6.07, 6.45) is 1.24. The minimum absolute atomic E-state index is 0.612. The number of anilines is 1. The van der Waals surface area contributed by atoms with Gasteiger partial charge in [-0.3, -0.25) is 4.68 Å². The van der Waals surface area contributed by atoms with Gasteiger partial charge in [0.2, 0.25) is 0 Å². The molecule has 3 rings (SSSR count). The summed E-state index contributed by atoms with van der Waals surface area (Å²) in [4.78, 5) is 1.24. The molecule has 0 radical (unpaired) electrons. The second-order valence-electron chi connectivity index (χ2n) is 4.57. The summed E-state index contributed by atoms with van der Waals surface area (Å²) < 4.78 is 1.80. The maximum atomic E-state index is 6.11. The zero-order chi connectivity index (χ0) is 11.3. The number of nitrogens with zero attached hydrogens (tertiary/aromatic N) is 2. The number of rotatable bonds is 2. The van der Waals surface area contributed by atoms with E-state index in [0.29, 0.717) is 5.92 Å². The van der Waals surface area contributed by atoms with E-state index >= 15 is 0 Å². The van der Waals surface area contributed by atoms with Gasteiger partial charge >= 0.3 is 0 Å². The molecule has 2 unspecified atom stereocenters. The minimum Gasteiger partial charge on any atom is -0.383 e. The van der Waals surface area contributed by atoms with Crippen LogP contribution in [0.5, 0.6) is 0 Å². The Morgan fingerprint density at radius 1 is 1.56 bits per heavy atom. The summed E-state index contributed by atoms with van der Waals surface area (Å²) in [6, 6.07) is 4.18. The van der Waals surface area contributed by atoms with Gasteiger partial charge in [-0.25, -0.2) is 0 Å². The molecule has 1 saturated carbocycles. The molecular formula is C12H15N3S. The fraction of sp³-hybridized carbons (Fsp3) is 0.417. The SMILES string of the molecule is CC1CC1c1nn(C)c(N)c1-c1cccs1. The second-order valence-corrected chi connectivity index (χ2v) is 5.51. The van der Waals surface area contributed by atoms with E-state index in [1.54, 1.807) is 16.0 Å². The van der Waals surface area contributed by atoms with Crippen LogP contribution >= 0.6 is 11.3 Å². The molecule has 1 aliphatic carbocycles. The molecule has 0 bridgehead atoms. The standard InChI is InChI=1S/C12H15N3S/c1-7-6-8(7)11-10(9-4-3-5-16-9)12(13)15(2)14-11/h3-5,7-8H,6,13H2,1-2H3. The van der Waals surface area contributed by atoms with Crippen molar-refractivity contribution in [3.05, 3.63) is 23.2 Å². The number of hydrogen-bond donors (Lipinski definition) is 1. The van der Waals surface area contributed by atoms with Crippen LogP contribution in [0.15, 0.2) is 17.5 Å². The van der Waals surface area contributed by atoms with Crippen molar-refractivity contribution in [3.63, 3.8) is 0 Å².